The lowest BCUT2D eigenvalue weighted by molar-refractivity contribution is -0.141. The van der Waals surface area contributed by atoms with Gasteiger partial charge >= 0.3 is 6.09 Å². The molecular weight excluding hydrogens is 428 g/mol. The monoisotopic (exact) mass is 456 g/mol. The molecule has 0 saturated carbocycles. The zero-order valence-corrected chi connectivity index (χ0v) is 18.4. The number of likely N-dealkylation sites (tertiary alicyclic amines) is 1. The van der Waals surface area contributed by atoms with Gasteiger partial charge in [0.2, 0.25) is 11.8 Å². The third-order valence-corrected chi connectivity index (χ3v) is 6.83. The number of anilines is 1. The summed E-state index contributed by atoms with van der Waals surface area (Å²) in [6.45, 7) is 1.58. The Morgan fingerprint density at radius 1 is 1.12 bits per heavy atom. The minimum atomic E-state index is -0.688. The number of allylic oxidation sites excluding steroid dienone is 2. The van der Waals surface area contributed by atoms with Gasteiger partial charge in [0.1, 0.15) is 11.9 Å². The van der Waals surface area contributed by atoms with Crippen LogP contribution in [0.2, 0.25) is 0 Å². The molecule has 3 aliphatic heterocycles. The van der Waals surface area contributed by atoms with Crippen LogP contribution in [-0.4, -0.2) is 84.6 Å². The molecule has 10 nitrogen and oxygen atoms in total. The Labute approximate surface area is 191 Å². The van der Waals surface area contributed by atoms with Gasteiger partial charge in [-0.15, -0.1) is 0 Å². The summed E-state index contributed by atoms with van der Waals surface area (Å²) in [6, 6.07) is 7.13. The number of carbonyl (C=O) groups excluding carboxylic acids is 3. The smallest absolute Gasteiger partial charge is 0.407 e. The van der Waals surface area contributed by atoms with E-state index >= 15 is 0 Å². The summed E-state index contributed by atoms with van der Waals surface area (Å²) in [4.78, 5) is 43.1. The van der Waals surface area contributed by atoms with Crippen molar-refractivity contribution in [2.75, 3.05) is 38.1 Å². The van der Waals surface area contributed by atoms with Gasteiger partial charge in [-0.3, -0.25) is 19.4 Å². The van der Waals surface area contributed by atoms with Crippen LogP contribution >= 0.6 is 0 Å². The number of aromatic hydroxyl groups is 1. The third-order valence-electron chi connectivity index (χ3n) is 6.83. The zero-order chi connectivity index (χ0) is 23.1. The normalized spacial score (nSPS) is 29.5. The van der Waals surface area contributed by atoms with E-state index in [-0.39, 0.29) is 48.4 Å². The van der Waals surface area contributed by atoms with Crippen LogP contribution in [0.4, 0.5) is 10.5 Å². The van der Waals surface area contributed by atoms with E-state index in [0.29, 0.717) is 38.2 Å². The van der Waals surface area contributed by atoms with Crippen LogP contribution in [0.25, 0.3) is 0 Å². The Kier molecular flexibility index (Phi) is 5.71. The molecular formula is C23H28N4O6. The van der Waals surface area contributed by atoms with Crippen molar-refractivity contribution in [2.45, 2.75) is 31.4 Å². The number of nitrogens with one attached hydrogen (secondary N) is 1. The van der Waals surface area contributed by atoms with Crippen LogP contribution in [0.1, 0.15) is 12.8 Å². The highest BCUT2D eigenvalue weighted by Gasteiger charge is 2.53. The SMILES string of the molecule is CNC(=O)OC(CN1C(=O)C2CC=CCC2C1=O)CN1CCN(c2ccccc2O)C2OC21. The van der Waals surface area contributed by atoms with Crippen LogP contribution in [0.3, 0.4) is 0 Å². The number of benzene rings is 1. The summed E-state index contributed by atoms with van der Waals surface area (Å²) >= 11 is 0. The van der Waals surface area contributed by atoms with Crippen molar-refractivity contribution < 1.29 is 29.0 Å². The lowest BCUT2D eigenvalue weighted by atomic mass is 9.85. The number of carbonyl (C=O) groups is 3. The fraction of sp³-hybridized carbons (Fsp3) is 0.522. The number of imide groups is 1. The van der Waals surface area contributed by atoms with Gasteiger partial charge in [-0.05, 0) is 25.0 Å². The molecule has 0 bridgehead atoms. The number of piperazine rings is 1. The molecule has 3 heterocycles. The number of para-hydroxylation sites is 2. The fourth-order valence-electron chi connectivity index (χ4n) is 5.10. The summed E-state index contributed by atoms with van der Waals surface area (Å²) in [5.41, 5.74) is 0.715. The molecule has 0 aromatic heterocycles. The summed E-state index contributed by atoms with van der Waals surface area (Å²) in [5.74, 6) is -0.819. The highest BCUT2D eigenvalue weighted by atomic mass is 16.6. The molecule has 0 radical (unpaired) electrons. The second-order valence-corrected chi connectivity index (χ2v) is 8.81. The van der Waals surface area contributed by atoms with E-state index in [2.05, 4.69) is 5.32 Å². The maximum atomic E-state index is 12.9. The minimum absolute atomic E-state index is 0.0230. The molecule has 3 fully saturated rings. The molecule has 1 aromatic carbocycles. The standard InChI is InChI=1S/C23H28N4O6/c1-24-23(31)32-14(13-27-19(29)15-6-2-3-7-16(15)20(27)30)12-25-10-11-26(22-21(25)33-22)17-8-4-5-9-18(17)28/h2-5,8-9,14-16,21-22,28H,6-7,10-13H2,1H3,(H,24,31). The molecule has 5 unspecified atom stereocenters. The molecule has 3 amide bonds. The van der Waals surface area contributed by atoms with E-state index in [9.17, 15) is 19.5 Å². The first-order valence-corrected chi connectivity index (χ1v) is 11.3. The van der Waals surface area contributed by atoms with Crippen LogP contribution in [0.5, 0.6) is 5.75 Å². The fourth-order valence-corrected chi connectivity index (χ4v) is 5.10. The zero-order valence-electron chi connectivity index (χ0n) is 18.4. The number of rotatable bonds is 6. The van der Waals surface area contributed by atoms with E-state index in [1.807, 2.05) is 34.1 Å². The quantitative estimate of drug-likeness (QED) is 0.368. The average molecular weight is 456 g/mol. The molecule has 0 spiro atoms. The van der Waals surface area contributed by atoms with Crippen molar-refractivity contribution >= 4 is 23.6 Å². The van der Waals surface area contributed by atoms with Gasteiger partial charge in [-0.2, -0.15) is 0 Å². The number of phenolic OH excluding ortho intramolecular Hbond substituents is 1. The van der Waals surface area contributed by atoms with Gasteiger partial charge in [0.25, 0.3) is 0 Å². The second-order valence-electron chi connectivity index (χ2n) is 8.81. The number of hydrogen-bond acceptors (Lipinski definition) is 8. The number of nitrogens with zero attached hydrogens (tertiary/aromatic N) is 3. The predicted octanol–water partition coefficient (Wildman–Crippen LogP) is 0.872. The number of amides is 3. The molecule has 10 heteroatoms. The Hall–Kier alpha value is -3.11. The van der Waals surface area contributed by atoms with E-state index in [0.717, 1.165) is 0 Å². The minimum Gasteiger partial charge on any atom is -0.506 e. The molecule has 3 saturated heterocycles. The molecule has 176 valence electrons. The van der Waals surface area contributed by atoms with Crippen molar-refractivity contribution in [1.29, 1.82) is 0 Å². The van der Waals surface area contributed by atoms with E-state index < -0.39 is 12.2 Å². The van der Waals surface area contributed by atoms with Crippen LogP contribution < -0.4 is 10.2 Å². The number of fused-ring (bicyclic) bond motifs is 2. The maximum Gasteiger partial charge on any atom is 0.407 e. The molecule has 1 aliphatic carbocycles. The predicted molar refractivity (Wildman–Crippen MR) is 117 cm³/mol. The van der Waals surface area contributed by atoms with E-state index in [4.69, 9.17) is 9.47 Å². The van der Waals surface area contributed by atoms with Crippen molar-refractivity contribution in [1.82, 2.24) is 15.1 Å². The Balaban J connectivity index is 1.26. The highest BCUT2D eigenvalue weighted by Crippen LogP contribution is 2.40. The molecule has 5 atom stereocenters. The Morgan fingerprint density at radius 3 is 2.48 bits per heavy atom. The summed E-state index contributed by atoms with van der Waals surface area (Å²) < 4.78 is 11.4. The summed E-state index contributed by atoms with van der Waals surface area (Å²) in [5, 5.41) is 12.6. The maximum absolute atomic E-state index is 12.9. The third kappa shape index (κ3) is 4.04. The van der Waals surface area contributed by atoms with Crippen molar-refractivity contribution in [3.8, 4) is 5.75 Å². The van der Waals surface area contributed by atoms with Crippen LogP contribution in [0.15, 0.2) is 36.4 Å². The summed E-state index contributed by atoms with van der Waals surface area (Å²) in [7, 11) is 1.47. The molecule has 1 aromatic rings. The van der Waals surface area contributed by atoms with Crippen molar-refractivity contribution in [3.05, 3.63) is 36.4 Å². The Bertz CT molecular complexity index is 957. The molecule has 4 aliphatic rings. The number of phenols is 1. The number of epoxide rings is 1. The van der Waals surface area contributed by atoms with Gasteiger partial charge in [0, 0.05) is 26.7 Å². The van der Waals surface area contributed by atoms with Gasteiger partial charge < -0.3 is 24.8 Å². The number of hydrogen-bond donors (Lipinski definition) is 2. The van der Waals surface area contributed by atoms with Crippen LogP contribution in [0, 0.1) is 11.8 Å². The van der Waals surface area contributed by atoms with Gasteiger partial charge in [-0.1, -0.05) is 24.3 Å². The topological polar surface area (TPSA) is 115 Å². The lowest BCUT2D eigenvalue weighted by Crippen LogP contribution is -2.52. The van der Waals surface area contributed by atoms with Gasteiger partial charge in [0.05, 0.1) is 24.1 Å². The molecule has 2 N–H and O–H groups in total. The number of ether oxygens (including phenoxy) is 2. The largest absolute Gasteiger partial charge is 0.506 e. The van der Waals surface area contributed by atoms with Gasteiger partial charge in [0.15, 0.2) is 12.5 Å². The van der Waals surface area contributed by atoms with E-state index in [1.54, 1.807) is 12.1 Å². The first-order chi connectivity index (χ1) is 16.0. The molecule has 5 rings (SSSR count). The van der Waals surface area contributed by atoms with Crippen molar-refractivity contribution in [3.63, 3.8) is 0 Å². The summed E-state index contributed by atoms with van der Waals surface area (Å²) in [6.07, 6.45) is 3.30. The van der Waals surface area contributed by atoms with Crippen molar-refractivity contribution in [2.24, 2.45) is 11.8 Å². The van der Waals surface area contributed by atoms with E-state index in [1.165, 1.54) is 11.9 Å². The van der Waals surface area contributed by atoms with Gasteiger partial charge in [-0.25, -0.2) is 4.79 Å². The molecule has 33 heavy (non-hydrogen) atoms. The average Bonchev–Trinajstić information content (AvgIpc) is 3.60. The Morgan fingerprint density at radius 2 is 1.82 bits per heavy atom. The highest BCUT2D eigenvalue weighted by molar-refractivity contribution is 6.05. The number of alkyl carbamates (subject to hydrolysis) is 1. The van der Waals surface area contributed by atoms with Crippen LogP contribution in [-0.2, 0) is 19.1 Å². The first kappa shape index (κ1) is 21.7. The second kappa shape index (κ2) is 8.68. The first-order valence-electron chi connectivity index (χ1n) is 11.3. The lowest BCUT2D eigenvalue weighted by Gasteiger charge is -2.34.